The Hall–Kier alpha value is -3.33. The monoisotopic (exact) mass is 455 g/mol. The number of hydrogen-bond donors (Lipinski definition) is 2. The second-order valence-corrected chi connectivity index (χ2v) is 8.43. The number of rotatable bonds is 5. The highest BCUT2D eigenvalue weighted by atomic mass is 32.2. The lowest BCUT2D eigenvalue weighted by Crippen LogP contribution is -2.32. The van der Waals surface area contributed by atoms with Crippen LogP contribution in [0.1, 0.15) is 11.5 Å². The highest BCUT2D eigenvalue weighted by Crippen LogP contribution is 2.55. The average Bonchev–Trinajstić information content (AvgIpc) is 3.50. The molecular formula is C23H19F2N3O3S. The van der Waals surface area contributed by atoms with Gasteiger partial charge in [-0.15, -0.1) is 11.8 Å². The number of hydrogen-bond acceptors (Lipinski definition) is 5. The van der Waals surface area contributed by atoms with E-state index in [1.165, 1.54) is 6.20 Å². The molecule has 1 fully saturated rings. The van der Waals surface area contributed by atoms with Crippen molar-refractivity contribution in [3.63, 3.8) is 0 Å². The third-order valence-electron chi connectivity index (χ3n) is 5.59. The minimum Gasteiger partial charge on any atom is -0.490 e. The van der Waals surface area contributed by atoms with Crippen LogP contribution in [-0.4, -0.2) is 29.9 Å². The van der Waals surface area contributed by atoms with E-state index in [-0.39, 0.29) is 35.8 Å². The van der Waals surface area contributed by atoms with Gasteiger partial charge in [0.05, 0.1) is 12.8 Å². The van der Waals surface area contributed by atoms with Crippen LogP contribution < -0.4 is 20.1 Å². The number of carbonyl (C=O) groups excluding carboxylic acids is 1. The molecule has 2 amide bonds. The molecule has 0 bridgehead atoms. The molecule has 2 unspecified atom stereocenters. The second-order valence-electron chi connectivity index (χ2n) is 7.55. The fourth-order valence-electron chi connectivity index (χ4n) is 3.96. The lowest BCUT2D eigenvalue weighted by Gasteiger charge is -2.16. The average molecular weight is 455 g/mol. The van der Waals surface area contributed by atoms with E-state index in [1.54, 1.807) is 23.9 Å². The molecule has 1 saturated carbocycles. The molecule has 3 aromatic rings. The zero-order chi connectivity index (χ0) is 22.2. The van der Waals surface area contributed by atoms with Gasteiger partial charge in [-0.2, -0.15) is 0 Å². The molecular weight excluding hydrogens is 436 g/mol. The Morgan fingerprint density at radius 3 is 2.56 bits per heavy atom. The van der Waals surface area contributed by atoms with Crippen LogP contribution in [0.25, 0.3) is 0 Å². The van der Waals surface area contributed by atoms with Gasteiger partial charge in [-0.25, -0.2) is 18.6 Å². The number of pyridine rings is 1. The van der Waals surface area contributed by atoms with Gasteiger partial charge in [0, 0.05) is 28.3 Å². The highest BCUT2D eigenvalue weighted by Gasteiger charge is 2.57. The summed E-state index contributed by atoms with van der Waals surface area (Å²) < 4.78 is 39.3. The van der Waals surface area contributed by atoms with Crippen molar-refractivity contribution >= 4 is 23.6 Å². The maximum atomic E-state index is 14.2. The third kappa shape index (κ3) is 3.95. The van der Waals surface area contributed by atoms with Gasteiger partial charge >= 0.3 is 6.03 Å². The maximum Gasteiger partial charge on any atom is 0.320 e. The molecule has 2 heterocycles. The molecule has 2 aromatic carbocycles. The van der Waals surface area contributed by atoms with E-state index in [4.69, 9.17) is 9.47 Å². The first-order chi connectivity index (χ1) is 15.5. The molecule has 32 heavy (non-hydrogen) atoms. The van der Waals surface area contributed by atoms with Crippen molar-refractivity contribution in [2.75, 3.05) is 18.2 Å². The van der Waals surface area contributed by atoms with Gasteiger partial charge in [-0.3, -0.25) is 5.32 Å². The number of amides is 2. The molecule has 2 aliphatic rings. The molecule has 0 radical (unpaired) electrons. The number of carbonyl (C=O) groups is 1. The molecule has 0 saturated heterocycles. The Balaban J connectivity index is 1.18. The lowest BCUT2D eigenvalue weighted by atomic mass is 10.0. The predicted octanol–water partition coefficient (Wildman–Crippen LogP) is 5.17. The van der Waals surface area contributed by atoms with Crippen LogP contribution in [0, 0.1) is 17.6 Å². The number of urea groups is 1. The fraction of sp³-hybridized carbons (Fsp3) is 0.217. The van der Waals surface area contributed by atoms with Crippen molar-refractivity contribution in [3.8, 4) is 17.2 Å². The first-order valence-corrected chi connectivity index (χ1v) is 11.2. The van der Waals surface area contributed by atoms with Crippen molar-refractivity contribution in [1.29, 1.82) is 0 Å². The summed E-state index contributed by atoms with van der Waals surface area (Å²) in [6, 6.07) is 12.3. The van der Waals surface area contributed by atoms with Gasteiger partial charge < -0.3 is 14.8 Å². The summed E-state index contributed by atoms with van der Waals surface area (Å²) in [4.78, 5) is 17.7. The predicted molar refractivity (Wildman–Crippen MR) is 117 cm³/mol. The Bertz CT molecular complexity index is 1160. The number of anilines is 1. The summed E-state index contributed by atoms with van der Waals surface area (Å²) in [5.41, 5.74) is 0.191. The Kier molecular flexibility index (Phi) is 5.34. The summed E-state index contributed by atoms with van der Waals surface area (Å²) in [6.07, 6.45) is 3.51. The van der Waals surface area contributed by atoms with Crippen LogP contribution in [0.5, 0.6) is 17.2 Å². The fourth-order valence-corrected chi connectivity index (χ4v) is 4.36. The van der Waals surface area contributed by atoms with E-state index < -0.39 is 17.7 Å². The zero-order valence-corrected chi connectivity index (χ0v) is 17.8. The Labute approximate surface area is 187 Å². The lowest BCUT2D eigenvalue weighted by molar-refractivity contribution is 0.247. The number of thioether (sulfide) groups is 1. The van der Waals surface area contributed by atoms with Crippen LogP contribution in [0.15, 0.2) is 59.6 Å². The quantitative estimate of drug-likeness (QED) is 0.520. The zero-order valence-electron chi connectivity index (χ0n) is 17.0. The van der Waals surface area contributed by atoms with Gasteiger partial charge in [0.15, 0.2) is 11.6 Å². The van der Waals surface area contributed by atoms with Crippen molar-refractivity contribution in [1.82, 2.24) is 10.3 Å². The van der Waals surface area contributed by atoms with Crippen LogP contribution in [0.4, 0.5) is 19.4 Å². The topological polar surface area (TPSA) is 72.5 Å². The molecule has 1 aromatic heterocycles. The van der Waals surface area contributed by atoms with Crippen molar-refractivity contribution in [3.05, 3.63) is 71.9 Å². The van der Waals surface area contributed by atoms with E-state index in [0.717, 1.165) is 17.0 Å². The molecule has 3 atom stereocenters. The summed E-state index contributed by atoms with van der Waals surface area (Å²) in [7, 11) is 0. The van der Waals surface area contributed by atoms with E-state index >= 15 is 0 Å². The number of halogens is 2. The molecule has 0 spiro atoms. The van der Waals surface area contributed by atoms with Crippen molar-refractivity contribution in [2.24, 2.45) is 5.92 Å². The SMILES string of the molecule is CSc1ccc(Oc2ccc(NC(=O)N[C@@H]3C4COc5c(F)ccc(F)c5C43)nc2)cc1. The molecule has 1 aliphatic heterocycles. The number of nitrogens with zero attached hydrogens (tertiary/aromatic N) is 1. The van der Waals surface area contributed by atoms with Gasteiger partial charge in [-0.1, -0.05) is 0 Å². The number of benzene rings is 2. The summed E-state index contributed by atoms with van der Waals surface area (Å²) in [5.74, 6) is -0.0192. The summed E-state index contributed by atoms with van der Waals surface area (Å²) in [5, 5.41) is 5.46. The minimum atomic E-state index is -0.596. The number of nitrogens with one attached hydrogen (secondary N) is 2. The smallest absolute Gasteiger partial charge is 0.320 e. The van der Waals surface area contributed by atoms with Crippen LogP contribution in [0.3, 0.4) is 0 Å². The van der Waals surface area contributed by atoms with E-state index in [9.17, 15) is 13.6 Å². The highest BCUT2D eigenvalue weighted by molar-refractivity contribution is 7.98. The first kappa shape index (κ1) is 20.6. The Morgan fingerprint density at radius 2 is 1.84 bits per heavy atom. The van der Waals surface area contributed by atoms with E-state index in [0.29, 0.717) is 17.3 Å². The molecule has 164 valence electrons. The standard InChI is InChI=1S/C23H19F2N3O3S/c1-32-14-5-2-12(3-6-14)31-13-4-9-18(26-10-13)27-23(29)28-21-15-11-30-22-17(25)8-7-16(24)20(22)19(15)21/h2-10,15,19,21H,11H2,1H3,(H2,26,27,28,29)/t15?,19?,21-/m1/s1. The third-order valence-corrected chi connectivity index (χ3v) is 6.33. The maximum absolute atomic E-state index is 14.2. The van der Waals surface area contributed by atoms with Gasteiger partial charge in [0.25, 0.3) is 0 Å². The number of ether oxygens (including phenoxy) is 2. The number of aromatic nitrogens is 1. The van der Waals surface area contributed by atoms with E-state index in [1.807, 2.05) is 30.5 Å². The molecule has 1 aliphatic carbocycles. The molecule has 9 heteroatoms. The minimum absolute atomic E-state index is 0.0590. The Morgan fingerprint density at radius 1 is 1.09 bits per heavy atom. The van der Waals surface area contributed by atoms with Gasteiger partial charge in [0.1, 0.15) is 23.1 Å². The number of fused-ring (bicyclic) bond motifs is 3. The van der Waals surface area contributed by atoms with Gasteiger partial charge in [-0.05, 0) is 54.8 Å². The molecule has 5 rings (SSSR count). The van der Waals surface area contributed by atoms with Crippen LogP contribution >= 0.6 is 11.8 Å². The van der Waals surface area contributed by atoms with Gasteiger partial charge in [0.2, 0.25) is 0 Å². The molecule has 6 nitrogen and oxygen atoms in total. The van der Waals surface area contributed by atoms with Crippen molar-refractivity contribution < 1.29 is 23.0 Å². The van der Waals surface area contributed by atoms with Crippen LogP contribution in [0.2, 0.25) is 0 Å². The summed E-state index contributed by atoms with van der Waals surface area (Å²) >= 11 is 1.65. The summed E-state index contributed by atoms with van der Waals surface area (Å²) in [6.45, 7) is 0.227. The second kappa shape index (κ2) is 8.31. The first-order valence-electron chi connectivity index (χ1n) is 9.99. The van der Waals surface area contributed by atoms with Crippen LogP contribution in [-0.2, 0) is 0 Å². The van der Waals surface area contributed by atoms with E-state index in [2.05, 4.69) is 15.6 Å². The largest absolute Gasteiger partial charge is 0.490 e. The van der Waals surface area contributed by atoms with Crippen molar-refractivity contribution in [2.45, 2.75) is 16.9 Å². The molecule has 2 N–H and O–H groups in total. The normalized spacial score (nSPS) is 20.4.